The molecule has 0 unspecified atom stereocenters. The molecule has 0 saturated carbocycles. The molecule has 0 radical (unpaired) electrons. The van der Waals surface area contributed by atoms with Crippen molar-refractivity contribution >= 4 is 5.69 Å². The van der Waals surface area contributed by atoms with Gasteiger partial charge in [0.15, 0.2) is 0 Å². The van der Waals surface area contributed by atoms with Gasteiger partial charge in [0.2, 0.25) is 0 Å². The zero-order chi connectivity index (χ0) is 11.4. The number of hydrogen-bond donors (Lipinski definition) is 1. The molecule has 0 amide bonds. The molecule has 2 N–H and O–H groups in total. The highest BCUT2D eigenvalue weighted by Gasteiger charge is 1.99. The highest BCUT2D eigenvalue weighted by atomic mass is 16.5. The van der Waals surface area contributed by atoms with Crippen LogP contribution in [-0.4, -0.2) is 17.1 Å². The second kappa shape index (κ2) is 4.61. The fourth-order valence-electron chi connectivity index (χ4n) is 1.38. The molecule has 2 aromatic rings. The summed E-state index contributed by atoms with van der Waals surface area (Å²) in [4.78, 5) is 8.30. The predicted octanol–water partition coefficient (Wildman–Crippen LogP) is 1.66. The highest BCUT2D eigenvalue weighted by Crippen LogP contribution is 2.13. The molecule has 0 bridgehead atoms. The van der Waals surface area contributed by atoms with Gasteiger partial charge in [0.25, 0.3) is 0 Å². The predicted molar refractivity (Wildman–Crippen MR) is 62.2 cm³/mol. The third-order valence-electron chi connectivity index (χ3n) is 2.25. The molecule has 2 rings (SSSR count). The number of aromatic nitrogens is 2. The molecule has 1 aromatic heterocycles. The van der Waals surface area contributed by atoms with E-state index in [9.17, 15) is 0 Å². The summed E-state index contributed by atoms with van der Waals surface area (Å²) in [6.45, 7) is 0. The Morgan fingerprint density at radius 2 is 1.75 bits per heavy atom. The lowest BCUT2D eigenvalue weighted by Gasteiger charge is -2.02. The molecule has 16 heavy (non-hydrogen) atoms. The smallest absolute Gasteiger partial charge is 0.132 e. The van der Waals surface area contributed by atoms with E-state index in [4.69, 9.17) is 10.5 Å². The minimum atomic E-state index is 0.582. The van der Waals surface area contributed by atoms with E-state index in [1.54, 1.807) is 19.5 Å². The van der Waals surface area contributed by atoms with Gasteiger partial charge in [0, 0.05) is 6.42 Å². The van der Waals surface area contributed by atoms with Crippen LogP contribution in [0.25, 0.3) is 0 Å². The fourth-order valence-corrected chi connectivity index (χ4v) is 1.38. The molecule has 0 saturated heterocycles. The van der Waals surface area contributed by atoms with Crippen molar-refractivity contribution in [1.82, 2.24) is 9.97 Å². The summed E-state index contributed by atoms with van der Waals surface area (Å²) in [5.41, 5.74) is 7.24. The first-order valence-corrected chi connectivity index (χ1v) is 4.97. The summed E-state index contributed by atoms with van der Waals surface area (Å²) < 4.78 is 5.09. The zero-order valence-corrected chi connectivity index (χ0v) is 9.05. The number of anilines is 1. The lowest BCUT2D eigenvalue weighted by molar-refractivity contribution is 0.414. The number of nitrogens with two attached hydrogens (primary N) is 1. The van der Waals surface area contributed by atoms with Crippen LogP contribution in [0, 0.1) is 0 Å². The Kier molecular flexibility index (Phi) is 3.00. The topological polar surface area (TPSA) is 61.0 Å². The van der Waals surface area contributed by atoms with Crippen LogP contribution in [0.15, 0.2) is 36.7 Å². The summed E-state index contributed by atoms with van der Waals surface area (Å²) in [6.07, 6.45) is 3.93. The van der Waals surface area contributed by atoms with E-state index >= 15 is 0 Å². The minimum absolute atomic E-state index is 0.582. The molecule has 0 aliphatic rings. The average molecular weight is 215 g/mol. The van der Waals surface area contributed by atoms with Crippen molar-refractivity contribution in [2.75, 3.05) is 12.8 Å². The maximum absolute atomic E-state index is 5.52. The molecule has 4 nitrogen and oxygen atoms in total. The largest absolute Gasteiger partial charge is 0.497 e. The van der Waals surface area contributed by atoms with Crippen molar-refractivity contribution < 1.29 is 4.74 Å². The number of benzene rings is 1. The van der Waals surface area contributed by atoms with Crippen molar-refractivity contribution in [1.29, 1.82) is 0 Å². The Morgan fingerprint density at radius 1 is 1.12 bits per heavy atom. The molecular formula is C12H13N3O. The molecule has 0 aliphatic carbocycles. The van der Waals surface area contributed by atoms with E-state index in [0.717, 1.165) is 17.1 Å². The number of ether oxygens (including phenoxy) is 1. The van der Waals surface area contributed by atoms with Crippen molar-refractivity contribution in [3.05, 3.63) is 48.0 Å². The minimum Gasteiger partial charge on any atom is -0.497 e. The Balaban J connectivity index is 2.11. The summed E-state index contributed by atoms with van der Waals surface area (Å²) in [5, 5.41) is 0. The van der Waals surface area contributed by atoms with Gasteiger partial charge in [-0.2, -0.15) is 0 Å². The molecule has 82 valence electrons. The van der Waals surface area contributed by atoms with Crippen LogP contribution in [0.1, 0.15) is 11.4 Å². The number of nitrogen functional groups attached to an aromatic ring is 1. The van der Waals surface area contributed by atoms with Gasteiger partial charge >= 0.3 is 0 Å². The van der Waals surface area contributed by atoms with Crippen LogP contribution in [0.4, 0.5) is 5.69 Å². The van der Waals surface area contributed by atoms with Crippen LogP contribution in [0.2, 0.25) is 0 Å². The quantitative estimate of drug-likeness (QED) is 0.845. The van der Waals surface area contributed by atoms with Crippen LogP contribution in [0.5, 0.6) is 5.75 Å². The number of nitrogens with zero attached hydrogens (tertiary/aromatic N) is 2. The molecular weight excluding hydrogens is 202 g/mol. The van der Waals surface area contributed by atoms with Crippen molar-refractivity contribution in [3.63, 3.8) is 0 Å². The average Bonchev–Trinajstić information content (AvgIpc) is 2.33. The Morgan fingerprint density at radius 3 is 2.31 bits per heavy atom. The lowest BCUT2D eigenvalue weighted by atomic mass is 10.1. The Labute approximate surface area is 94.1 Å². The molecule has 1 heterocycles. The van der Waals surface area contributed by atoms with E-state index in [1.807, 2.05) is 24.3 Å². The summed E-state index contributed by atoms with van der Waals surface area (Å²) in [5.74, 6) is 1.61. The van der Waals surface area contributed by atoms with Crippen LogP contribution < -0.4 is 10.5 Å². The summed E-state index contributed by atoms with van der Waals surface area (Å²) in [7, 11) is 1.65. The normalized spacial score (nSPS) is 10.1. The van der Waals surface area contributed by atoms with Crippen LogP contribution >= 0.6 is 0 Å². The van der Waals surface area contributed by atoms with Gasteiger partial charge in [0.05, 0.1) is 25.2 Å². The van der Waals surface area contributed by atoms with Gasteiger partial charge in [0.1, 0.15) is 11.6 Å². The SMILES string of the molecule is COc1ccc(Cc2ncc(N)cn2)cc1. The van der Waals surface area contributed by atoms with Gasteiger partial charge < -0.3 is 10.5 Å². The number of hydrogen-bond acceptors (Lipinski definition) is 4. The summed E-state index contributed by atoms with van der Waals surface area (Å²) in [6, 6.07) is 7.84. The maximum Gasteiger partial charge on any atom is 0.132 e. The molecule has 4 heteroatoms. The zero-order valence-electron chi connectivity index (χ0n) is 9.05. The third kappa shape index (κ3) is 2.48. The standard InChI is InChI=1S/C12H13N3O/c1-16-11-4-2-9(3-5-11)6-12-14-7-10(13)8-15-12/h2-5,7-8H,6,13H2,1H3. The maximum atomic E-state index is 5.52. The molecule has 0 spiro atoms. The lowest BCUT2D eigenvalue weighted by Crippen LogP contribution is -1.97. The third-order valence-corrected chi connectivity index (χ3v) is 2.25. The number of rotatable bonds is 3. The van der Waals surface area contributed by atoms with E-state index < -0.39 is 0 Å². The monoisotopic (exact) mass is 215 g/mol. The first kappa shape index (κ1) is 10.4. The van der Waals surface area contributed by atoms with Crippen LogP contribution in [0.3, 0.4) is 0 Å². The van der Waals surface area contributed by atoms with Gasteiger partial charge in [-0.05, 0) is 17.7 Å². The Hall–Kier alpha value is -2.10. The number of methoxy groups -OCH3 is 1. The first-order chi connectivity index (χ1) is 7.78. The van der Waals surface area contributed by atoms with Gasteiger partial charge in [-0.1, -0.05) is 12.1 Å². The van der Waals surface area contributed by atoms with E-state index in [0.29, 0.717) is 12.1 Å². The Bertz CT molecular complexity index is 451. The van der Waals surface area contributed by atoms with Crippen molar-refractivity contribution in [3.8, 4) is 5.75 Å². The first-order valence-electron chi connectivity index (χ1n) is 4.97. The van der Waals surface area contributed by atoms with E-state index in [1.165, 1.54) is 0 Å². The van der Waals surface area contributed by atoms with Gasteiger partial charge in [-0.25, -0.2) is 9.97 Å². The van der Waals surface area contributed by atoms with Crippen molar-refractivity contribution in [2.24, 2.45) is 0 Å². The fraction of sp³-hybridized carbons (Fsp3) is 0.167. The van der Waals surface area contributed by atoms with Gasteiger partial charge in [-0.3, -0.25) is 0 Å². The van der Waals surface area contributed by atoms with Gasteiger partial charge in [-0.15, -0.1) is 0 Å². The van der Waals surface area contributed by atoms with E-state index in [2.05, 4.69) is 9.97 Å². The molecule has 0 atom stereocenters. The second-order valence-corrected chi connectivity index (χ2v) is 3.46. The van der Waals surface area contributed by atoms with E-state index in [-0.39, 0.29) is 0 Å². The molecule has 0 aliphatic heterocycles. The highest BCUT2D eigenvalue weighted by molar-refractivity contribution is 5.32. The second-order valence-electron chi connectivity index (χ2n) is 3.46. The molecule has 1 aromatic carbocycles. The van der Waals surface area contributed by atoms with Crippen molar-refractivity contribution in [2.45, 2.75) is 6.42 Å². The molecule has 0 fully saturated rings. The van der Waals surface area contributed by atoms with Crippen LogP contribution in [-0.2, 0) is 6.42 Å². The summed E-state index contributed by atoms with van der Waals surface area (Å²) >= 11 is 0.